The molecule has 0 saturated heterocycles. The molecule has 138 valence electrons. The zero-order valence-corrected chi connectivity index (χ0v) is 16.5. The van der Waals surface area contributed by atoms with E-state index in [0.29, 0.717) is 0 Å². The number of benzene rings is 1. The molecule has 0 aromatic heterocycles. The molecule has 1 aromatic rings. The third kappa shape index (κ3) is 10.0. The van der Waals surface area contributed by atoms with Gasteiger partial charge in [0, 0.05) is 12.8 Å². The van der Waals surface area contributed by atoms with E-state index in [1.807, 2.05) is 55.4 Å². The van der Waals surface area contributed by atoms with Crippen LogP contribution in [0.5, 0.6) is 0 Å². The summed E-state index contributed by atoms with van der Waals surface area (Å²) >= 11 is 0. The van der Waals surface area contributed by atoms with Crippen molar-refractivity contribution in [3.8, 4) is 0 Å². The fourth-order valence-electron chi connectivity index (χ4n) is 2.00. The van der Waals surface area contributed by atoms with Gasteiger partial charge in [-0.15, -0.1) is 0 Å². The highest BCUT2D eigenvalue weighted by Crippen LogP contribution is 2.15. The van der Waals surface area contributed by atoms with E-state index in [1.165, 1.54) is 11.1 Å². The van der Waals surface area contributed by atoms with E-state index < -0.39 is 0 Å². The van der Waals surface area contributed by atoms with Crippen molar-refractivity contribution in [1.82, 2.24) is 0 Å². The van der Waals surface area contributed by atoms with Crippen LogP contribution in [0, 0.1) is 0 Å². The number of hydrogen-bond donors (Lipinski definition) is 0. The van der Waals surface area contributed by atoms with Crippen LogP contribution in [0.1, 0.15) is 66.5 Å². The van der Waals surface area contributed by atoms with Gasteiger partial charge < -0.3 is 0 Å². The van der Waals surface area contributed by atoms with Gasteiger partial charge in [-0.2, -0.15) is 0 Å². The average Bonchev–Trinajstić information content (AvgIpc) is 2.44. The van der Waals surface area contributed by atoms with Gasteiger partial charge in [0.15, 0.2) is 0 Å². The third-order valence-corrected chi connectivity index (χ3v) is 2.99. The number of hydrogen-bond acceptors (Lipinski definition) is 4. The zero-order valence-electron chi connectivity index (χ0n) is 16.5. The fourth-order valence-corrected chi connectivity index (χ4v) is 2.00. The normalized spacial score (nSPS) is 15.3. The molecule has 0 aliphatic rings. The van der Waals surface area contributed by atoms with E-state index in [-0.39, 0.29) is 23.4 Å². The maximum Gasteiger partial charge on any atom is 0.0952 e. The lowest BCUT2D eigenvalue weighted by atomic mass is 10.0. The lowest BCUT2D eigenvalue weighted by Gasteiger charge is -2.21. The Bertz CT molecular complexity index is 423. The fraction of sp³-hybridized carbons (Fsp3) is 0.700. The Labute approximate surface area is 147 Å². The highest BCUT2D eigenvalue weighted by Gasteiger charge is 2.16. The average molecular weight is 338 g/mol. The lowest BCUT2D eigenvalue weighted by Crippen LogP contribution is -2.24. The summed E-state index contributed by atoms with van der Waals surface area (Å²) in [6.45, 7) is 15.9. The molecule has 0 radical (unpaired) electrons. The molecule has 0 aliphatic heterocycles. The molecule has 0 bridgehead atoms. The summed E-state index contributed by atoms with van der Waals surface area (Å²) < 4.78 is 0. The molecular weight excluding hydrogens is 304 g/mol. The second kappa shape index (κ2) is 8.95. The van der Waals surface area contributed by atoms with Gasteiger partial charge >= 0.3 is 0 Å². The minimum Gasteiger partial charge on any atom is -0.233 e. The van der Waals surface area contributed by atoms with E-state index in [4.69, 9.17) is 19.6 Å². The van der Waals surface area contributed by atoms with Gasteiger partial charge in [0.1, 0.15) is 0 Å². The molecule has 0 aliphatic carbocycles. The minimum atomic E-state index is -0.288. The van der Waals surface area contributed by atoms with Crippen molar-refractivity contribution in [3.63, 3.8) is 0 Å². The first-order valence-corrected chi connectivity index (χ1v) is 8.71. The summed E-state index contributed by atoms with van der Waals surface area (Å²) in [6.07, 6.45) is 1.65. The summed E-state index contributed by atoms with van der Waals surface area (Å²) in [4.78, 5) is 21.6. The van der Waals surface area contributed by atoms with Crippen molar-refractivity contribution < 1.29 is 19.6 Å². The molecule has 0 heterocycles. The SMILES string of the molecule is C[C@H](Cc1ccc(C[C@@H](C)OOC(C)(C)C)cc1)OOC(C)(C)C. The van der Waals surface area contributed by atoms with Crippen molar-refractivity contribution in [1.29, 1.82) is 0 Å². The van der Waals surface area contributed by atoms with Crippen LogP contribution < -0.4 is 0 Å². The maximum absolute atomic E-state index is 5.43. The van der Waals surface area contributed by atoms with Crippen LogP contribution in [-0.2, 0) is 32.4 Å². The van der Waals surface area contributed by atoms with Crippen LogP contribution in [-0.4, -0.2) is 23.4 Å². The summed E-state index contributed by atoms with van der Waals surface area (Å²) in [5, 5.41) is 0. The standard InChI is InChI=1S/C20H34O4/c1-15(21-23-19(3,4)5)13-17-9-11-18(12-10-17)14-16(2)22-24-20(6,7)8/h9-12,15-16H,13-14H2,1-8H3/t15-,16-/m1/s1. The van der Waals surface area contributed by atoms with E-state index in [0.717, 1.165) is 12.8 Å². The Morgan fingerprint density at radius 3 is 1.21 bits per heavy atom. The molecule has 0 fully saturated rings. The van der Waals surface area contributed by atoms with Gasteiger partial charge in [0.05, 0.1) is 23.4 Å². The maximum atomic E-state index is 5.43. The van der Waals surface area contributed by atoms with Crippen molar-refractivity contribution >= 4 is 0 Å². The van der Waals surface area contributed by atoms with Gasteiger partial charge in [0.2, 0.25) is 0 Å². The summed E-state index contributed by atoms with van der Waals surface area (Å²) in [5.41, 5.74) is 1.87. The Morgan fingerprint density at radius 1 is 0.667 bits per heavy atom. The Kier molecular flexibility index (Phi) is 7.87. The molecule has 2 atom stereocenters. The van der Waals surface area contributed by atoms with E-state index >= 15 is 0 Å². The topological polar surface area (TPSA) is 36.9 Å². The molecule has 4 heteroatoms. The Morgan fingerprint density at radius 2 is 0.958 bits per heavy atom. The quantitative estimate of drug-likeness (QED) is 0.491. The number of rotatable bonds is 8. The highest BCUT2D eigenvalue weighted by molar-refractivity contribution is 5.23. The largest absolute Gasteiger partial charge is 0.233 e. The predicted octanol–water partition coefficient (Wildman–Crippen LogP) is 5.04. The highest BCUT2D eigenvalue weighted by atomic mass is 17.2. The molecular formula is C20H34O4. The lowest BCUT2D eigenvalue weighted by molar-refractivity contribution is -0.369. The second-order valence-electron chi connectivity index (χ2n) is 8.43. The van der Waals surface area contributed by atoms with Crippen LogP contribution >= 0.6 is 0 Å². The predicted molar refractivity (Wildman–Crippen MR) is 96.6 cm³/mol. The monoisotopic (exact) mass is 338 g/mol. The molecule has 0 amide bonds. The van der Waals surface area contributed by atoms with Crippen LogP contribution in [0.2, 0.25) is 0 Å². The molecule has 1 rings (SSSR count). The van der Waals surface area contributed by atoms with Crippen molar-refractivity contribution in [2.45, 2.75) is 91.6 Å². The van der Waals surface area contributed by atoms with Gasteiger partial charge in [-0.25, -0.2) is 19.6 Å². The summed E-state index contributed by atoms with van der Waals surface area (Å²) in [6, 6.07) is 8.51. The molecule has 4 nitrogen and oxygen atoms in total. The van der Waals surface area contributed by atoms with Gasteiger partial charge in [0.25, 0.3) is 0 Å². The smallest absolute Gasteiger partial charge is 0.0952 e. The summed E-state index contributed by atoms with van der Waals surface area (Å²) in [5.74, 6) is 0. The van der Waals surface area contributed by atoms with E-state index in [1.54, 1.807) is 0 Å². The van der Waals surface area contributed by atoms with E-state index in [2.05, 4.69) is 24.3 Å². The van der Waals surface area contributed by atoms with Crippen LogP contribution in [0.4, 0.5) is 0 Å². The second-order valence-corrected chi connectivity index (χ2v) is 8.43. The Hall–Kier alpha value is -0.940. The molecule has 1 aromatic carbocycles. The minimum absolute atomic E-state index is 0.0116. The van der Waals surface area contributed by atoms with E-state index in [9.17, 15) is 0 Å². The first-order valence-electron chi connectivity index (χ1n) is 8.71. The molecule has 0 spiro atoms. The first kappa shape index (κ1) is 21.1. The Balaban J connectivity index is 2.42. The van der Waals surface area contributed by atoms with Gasteiger partial charge in [-0.3, -0.25) is 0 Å². The van der Waals surface area contributed by atoms with Crippen LogP contribution in [0.3, 0.4) is 0 Å². The van der Waals surface area contributed by atoms with Crippen molar-refractivity contribution in [2.24, 2.45) is 0 Å². The molecule has 0 unspecified atom stereocenters. The van der Waals surface area contributed by atoms with Gasteiger partial charge in [-0.05, 0) is 66.5 Å². The molecule has 24 heavy (non-hydrogen) atoms. The first-order chi connectivity index (χ1) is 10.9. The van der Waals surface area contributed by atoms with Crippen LogP contribution in [0.15, 0.2) is 24.3 Å². The summed E-state index contributed by atoms with van der Waals surface area (Å²) in [7, 11) is 0. The molecule has 0 saturated carbocycles. The van der Waals surface area contributed by atoms with Crippen molar-refractivity contribution in [2.75, 3.05) is 0 Å². The van der Waals surface area contributed by atoms with Crippen LogP contribution in [0.25, 0.3) is 0 Å². The molecule has 0 N–H and O–H groups in total. The van der Waals surface area contributed by atoms with Crippen molar-refractivity contribution in [3.05, 3.63) is 35.4 Å². The third-order valence-electron chi connectivity index (χ3n) is 2.99. The van der Waals surface area contributed by atoms with Gasteiger partial charge in [-0.1, -0.05) is 24.3 Å². The zero-order chi connectivity index (χ0) is 18.4.